The van der Waals surface area contributed by atoms with Crippen molar-refractivity contribution >= 4 is 28.9 Å². The van der Waals surface area contributed by atoms with E-state index in [2.05, 4.69) is 25.9 Å². The summed E-state index contributed by atoms with van der Waals surface area (Å²) in [5.74, 6) is 1.75. The van der Waals surface area contributed by atoms with Crippen LogP contribution >= 0.6 is 0 Å². The van der Waals surface area contributed by atoms with Crippen molar-refractivity contribution in [2.75, 3.05) is 23.1 Å². The summed E-state index contributed by atoms with van der Waals surface area (Å²) in [5, 5.41) is 8.73. The molecule has 0 spiro atoms. The van der Waals surface area contributed by atoms with Crippen LogP contribution in [0.4, 0.5) is 27.7 Å². The zero-order valence-electron chi connectivity index (χ0n) is 14.5. The molecule has 7 nitrogen and oxygen atoms in total. The minimum atomic E-state index is -0.298. The van der Waals surface area contributed by atoms with Crippen molar-refractivity contribution in [3.63, 3.8) is 0 Å². The molecule has 3 rings (SSSR count). The highest BCUT2D eigenvalue weighted by molar-refractivity contribution is 5.99. The first-order valence-electron chi connectivity index (χ1n) is 8.02. The van der Waals surface area contributed by atoms with E-state index in [9.17, 15) is 4.79 Å². The average Bonchev–Trinajstić information content (AvgIpc) is 2.63. The van der Waals surface area contributed by atoms with Crippen LogP contribution in [0.5, 0.6) is 5.88 Å². The maximum atomic E-state index is 12.0. The van der Waals surface area contributed by atoms with Gasteiger partial charge in [-0.25, -0.2) is 9.78 Å². The Bertz CT molecular complexity index is 882. The van der Waals surface area contributed by atoms with E-state index < -0.39 is 0 Å². The quantitative estimate of drug-likeness (QED) is 0.643. The SMILES string of the molecule is COc1cc(Nc2ccc(NC(=O)Nc3ccccc3)cc2)nc(C)n1. The smallest absolute Gasteiger partial charge is 0.323 e. The molecule has 26 heavy (non-hydrogen) atoms. The van der Waals surface area contributed by atoms with Crippen molar-refractivity contribution in [3.8, 4) is 5.88 Å². The van der Waals surface area contributed by atoms with Gasteiger partial charge in [-0.3, -0.25) is 0 Å². The van der Waals surface area contributed by atoms with Crippen molar-refractivity contribution in [1.82, 2.24) is 9.97 Å². The number of amides is 2. The van der Waals surface area contributed by atoms with E-state index in [0.29, 0.717) is 23.2 Å². The third-order valence-corrected chi connectivity index (χ3v) is 3.47. The molecule has 2 aromatic carbocycles. The number of nitrogens with zero attached hydrogens (tertiary/aromatic N) is 2. The Hall–Kier alpha value is -3.61. The second-order valence-electron chi connectivity index (χ2n) is 5.49. The number of para-hydroxylation sites is 1. The van der Waals surface area contributed by atoms with Gasteiger partial charge >= 0.3 is 6.03 Å². The first-order valence-corrected chi connectivity index (χ1v) is 8.02. The van der Waals surface area contributed by atoms with Gasteiger partial charge in [-0.2, -0.15) is 4.98 Å². The molecular weight excluding hydrogens is 330 g/mol. The molecule has 2 amide bonds. The summed E-state index contributed by atoms with van der Waals surface area (Å²) in [6.07, 6.45) is 0. The zero-order chi connectivity index (χ0) is 18.4. The first kappa shape index (κ1) is 17.2. The second kappa shape index (κ2) is 7.98. The van der Waals surface area contributed by atoms with Gasteiger partial charge in [0.2, 0.25) is 5.88 Å². The van der Waals surface area contributed by atoms with Crippen molar-refractivity contribution in [1.29, 1.82) is 0 Å². The Kier molecular flexibility index (Phi) is 5.28. The third-order valence-electron chi connectivity index (χ3n) is 3.47. The molecule has 3 N–H and O–H groups in total. The van der Waals surface area contributed by atoms with E-state index in [1.165, 1.54) is 0 Å². The zero-order valence-corrected chi connectivity index (χ0v) is 14.5. The van der Waals surface area contributed by atoms with Crippen LogP contribution in [-0.4, -0.2) is 23.1 Å². The molecular formula is C19H19N5O2. The maximum absolute atomic E-state index is 12.0. The number of urea groups is 1. The molecule has 3 aromatic rings. The van der Waals surface area contributed by atoms with Crippen molar-refractivity contribution in [3.05, 3.63) is 66.5 Å². The number of aromatic nitrogens is 2. The third kappa shape index (κ3) is 4.70. The van der Waals surface area contributed by atoms with Gasteiger partial charge < -0.3 is 20.7 Å². The number of carbonyl (C=O) groups excluding carboxylic acids is 1. The number of methoxy groups -OCH3 is 1. The molecule has 0 aliphatic rings. The summed E-state index contributed by atoms with van der Waals surface area (Å²) in [5.41, 5.74) is 2.25. The Labute approximate surface area is 151 Å². The summed E-state index contributed by atoms with van der Waals surface area (Å²) < 4.78 is 5.14. The largest absolute Gasteiger partial charge is 0.481 e. The normalized spacial score (nSPS) is 10.1. The lowest BCUT2D eigenvalue weighted by atomic mass is 10.2. The van der Waals surface area contributed by atoms with Crippen molar-refractivity contribution in [2.24, 2.45) is 0 Å². The van der Waals surface area contributed by atoms with Gasteiger partial charge in [0.05, 0.1) is 7.11 Å². The molecule has 0 atom stereocenters. The molecule has 0 unspecified atom stereocenters. The fourth-order valence-corrected chi connectivity index (χ4v) is 2.31. The van der Waals surface area contributed by atoms with Crippen LogP contribution in [0.25, 0.3) is 0 Å². The lowest BCUT2D eigenvalue weighted by Crippen LogP contribution is -2.19. The maximum Gasteiger partial charge on any atom is 0.323 e. The van der Waals surface area contributed by atoms with E-state index in [-0.39, 0.29) is 6.03 Å². The number of ether oxygens (including phenoxy) is 1. The number of hydrogen-bond acceptors (Lipinski definition) is 5. The number of anilines is 4. The highest BCUT2D eigenvalue weighted by Crippen LogP contribution is 2.20. The topological polar surface area (TPSA) is 88.2 Å². The summed E-state index contributed by atoms with van der Waals surface area (Å²) in [6.45, 7) is 1.80. The van der Waals surface area contributed by atoms with E-state index in [0.717, 1.165) is 11.4 Å². The number of benzene rings is 2. The average molecular weight is 349 g/mol. The van der Waals surface area contributed by atoms with Crippen LogP contribution < -0.4 is 20.7 Å². The highest BCUT2D eigenvalue weighted by atomic mass is 16.5. The summed E-state index contributed by atoms with van der Waals surface area (Å²) >= 11 is 0. The molecule has 1 aromatic heterocycles. The van der Waals surface area contributed by atoms with Crippen LogP contribution in [0.1, 0.15) is 5.82 Å². The molecule has 0 aliphatic heterocycles. The van der Waals surface area contributed by atoms with Crippen LogP contribution in [-0.2, 0) is 0 Å². The number of hydrogen-bond donors (Lipinski definition) is 3. The molecule has 132 valence electrons. The molecule has 0 radical (unpaired) electrons. The predicted octanol–water partition coefficient (Wildman–Crippen LogP) is 4.18. The fraction of sp³-hybridized carbons (Fsp3) is 0.105. The number of aryl methyl sites for hydroxylation is 1. The highest BCUT2D eigenvalue weighted by Gasteiger charge is 2.04. The van der Waals surface area contributed by atoms with Crippen molar-refractivity contribution in [2.45, 2.75) is 6.92 Å². The van der Waals surface area contributed by atoms with E-state index in [4.69, 9.17) is 4.74 Å². The van der Waals surface area contributed by atoms with Gasteiger partial charge in [0.1, 0.15) is 11.6 Å². The van der Waals surface area contributed by atoms with Gasteiger partial charge in [-0.1, -0.05) is 18.2 Å². The van der Waals surface area contributed by atoms with E-state index >= 15 is 0 Å². The van der Waals surface area contributed by atoms with Crippen LogP contribution in [0.3, 0.4) is 0 Å². The molecule has 7 heteroatoms. The van der Waals surface area contributed by atoms with Crippen LogP contribution in [0.2, 0.25) is 0 Å². The first-order chi connectivity index (χ1) is 12.6. The van der Waals surface area contributed by atoms with Gasteiger partial charge in [0.15, 0.2) is 0 Å². The Morgan fingerprint density at radius 3 is 2.15 bits per heavy atom. The van der Waals surface area contributed by atoms with Gasteiger partial charge in [-0.15, -0.1) is 0 Å². The molecule has 0 saturated carbocycles. The Morgan fingerprint density at radius 2 is 1.50 bits per heavy atom. The fourth-order valence-electron chi connectivity index (χ4n) is 2.31. The van der Waals surface area contributed by atoms with E-state index in [1.54, 1.807) is 32.2 Å². The molecule has 0 fully saturated rings. The molecule has 0 aliphatic carbocycles. The Morgan fingerprint density at radius 1 is 0.885 bits per heavy atom. The van der Waals surface area contributed by atoms with Gasteiger partial charge in [0, 0.05) is 23.1 Å². The minimum absolute atomic E-state index is 0.298. The summed E-state index contributed by atoms with van der Waals surface area (Å²) in [6, 6.07) is 18.0. The second-order valence-corrected chi connectivity index (χ2v) is 5.49. The molecule has 0 bridgehead atoms. The Balaban J connectivity index is 1.61. The van der Waals surface area contributed by atoms with Crippen LogP contribution in [0, 0.1) is 6.92 Å². The summed E-state index contributed by atoms with van der Waals surface area (Å²) in [7, 11) is 1.56. The number of nitrogens with one attached hydrogen (secondary N) is 3. The number of rotatable bonds is 5. The van der Waals surface area contributed by atoms with Crippen molar-refractivity contribution < 1.29 is 9.53 Å². The summed E-state index contributed by atoms with van der Waals surface area (Å²) in [4.78, 5) is 20.5. The minimum Gasteiger partial charge on any atom is -0.481 e. The standard InChI is InChI=1S/C19H19N5O2/c1-13-20-17(12-18(21-13)26-2)22-15-8-10-16(11-9-15)24-19(25)23-14-6-4-3-5-7-14/h3-12H,1-2H3,(H,20,21,22)(H2,23,24,25). The predicted molar refractivity (Wildman–Crippen MR) is 102 cm³/mol. The lowest BCUT2D eigenvalue weighted by Gasteiger charge is -2.10. The van der Waals surface area contributed by atoms with Crippen LogP contribution in [0.15, 0.2) is 60.7 Å². The monoisotopic (exact) mass is 349 g/mol. The molecule has 0 saturated heterocycles. The molecule has 1 heterocycles. The van der Waals surface area contributed by atoms with Gasteiger partial charge in [-0.05, 0) is 43.3 Å². The van der Waals surface area contributed by atoms with E-state index in [1.807, 2.05) is 42.5 Å². The lowest BCUT2D eigenvalue weighted by molar-refractivity contribution is 0.262. The number of carbonyl (C=O) groups is 1. The van der Waals surface area contributed by atoms with Gasteiger partial charge in [0.25, 0.3) is 0 Å².